The van der Waals surface area contributed by atoms with E-state index in [1.165, 1.54) is 66.8 Å². The summed E-state index contributed by atoms with van der Waals surface area (Å²) in [6.07, 6.45) is 0. The Morgan fingerprint density at radius 1 is 0.306 bits per heavy atom. The number of nitrogens with zero attached hydrogens (tertiary/aromatic N) is 1. The molecule has 0 N–H and O–H groups in total. The molecule has 0 radical (unpaired) electrons. The molecule has 2 aliphatic rings. The van der Waals surface area contributed by atoms with E-state index in [1.807, 2.05) is 12.1 Å². The van der Waals surface area contributed by atoms with E-state index in [4.69, 9.17) is 4.42 Å². The maximum atomic E-state index is 6.19. The highest BCUT2D eigenvalue weighted by atomic mass is 16.3. The molecule has 2 nitrogen and oxygen atoms in total. The van der Waals surface area contributed by atoms with Crippen LogP contribution in [0.15, 0.2) is 205 Å². The minimum absolute atomic E-state index is 0.0495. The van der Waals surface area contributed by atoms with E-state index >= 15 is 0 Å². The predicted molar refractivity (Wildman–Crippen MR) is 260 cm³/mol. The molecule has 0 saturated carbocycles. The fourth-order valence-electron chi connectivity index (χ4n) is 10.6. The Morgan fingerprint density at radius 2 is 0.758 bits per heavy atom. The molecule has 2 heteroatoms. The summed E-state index contributed by atoms with van der Waals surface area (Å²) in [6, 6.07) is 73.6. The number of hydrogen-bond acceptors (Lipinski definition) is 2. The summed E-state index contributed by atoms with van der Waals surface area (Å²) in [6.45, 7) is 9.39. The van der Waals surface area contributed by atoms with Crippen LogP contribution in [0.3, 0.4) is 0 Å². The van der Waals surface area contributed by atoms with Crippen LogP contribution < -0.4 is 4.90 Å². The number of fused-ring (bicyclic) bond motifs is 9. The van der Waals surface area contributed by atoms with Crippen LogP contribution in [0.5, 0.6) is 0 Å². The lowest BCUT2D eigenvalue weighted by Crippen LogP contribution is -2.14. The lowest BCUT2D eigenvalue weighted by molar-refractivity contribution is 0.660. The van der Waals surface area contributed by atoms with Crippen LogP contribution in [-0.2, 0) is 10.8 Å². The molecule has 62 heavy (non-hydrogen) atoms. The molecule has 12 rings (SSSR count). The number of hydrogen-bond donors (Lipinski definition) is 0. The zero-order chi connectivity index (χ0) is 41.7. The van der Waals surface area contributed by atoms with Gasteiger partial charge in [-0.1, -0.05) is 161 Å². The van der Waals surface area contributed by atoms with E-state index in [1.54, 1.807) is 0 Å². The molecule has 0 aliphatic heterocycles. The molecule has 0 bridgehead atoms. The first-order valence-electron chi connectivity index (χ1n) is 21.7. The fraction of sp³-hybridized carbons (Fsp3) is 0.100. The van der Waals surface area contributed by atoms with Gasteiger partial charge in [0.05, 0.1) is 0 Å². The minimum atomic E-state index is -0.0495. The SMILES string of the molecule is CC1(C)c2ccccc2-c2ccc(-c3ccc(N(c4ccc(-c5ccc6c(c5)C(C)(C)c5ccccc5-6)cc4)c4cccc(-c5ccc6oc7ccccc7c6c5)c4)cc3)cc21. The monoisotopic (exact) mass is 795 g/mol. The van der Waals surface area contributed by atoms with Gasteiger partial charge in [-0.05, 0) is 145 Å². The van der Waals surface area contributed by atoms with Gasteiger partial charge >= 0.3 is 0 Å². The molecule has 1 aromatic heterocycles. The van der Waals surface area contributed by atoms with Crippen molar-refractivity contribution in [3.05, 3.63) is 222 Å². The Balaban J connectivity index is 0.932. The number of benzene rings is 9. The van der Waals surface area contributed by atoms with Gasteiger partial charge in [-0.2, -0.15) is 0 Å². The van der Waals surface area contributed by atoms with Gasteiger partial charge < -0.3 is 9.32 Å². The zero-order valence-corrected chi connectivity index (χ0v) is 35.4. The van der Waals surface area contributed by atoms with Crippen molar-refractivity contribution in [2.45, 2.75) is 38.5 Å². The molecule has 1 heterocycles. The average Bonchev–Trinajstić information content (AvgIpc) is 3.88. The van der Waals surface area contributed by atoms with Crippen LogP contribution in [0, 0.1) is 0 Å². The van der Waals surface area contributed by atoms with Crippen molar-refractivity contribution in [1.82, 2.24) is 0 Å². The van der Waals surface area contributed by atoms with Crippen molar-refractivity contribution in [2.75, 3.05) is 4.90 Å². The molecule has 2 aliphatic carbocycles. The largest absolute Gasteiger partial charge is 0.456 e. The van der Waals surface area contributed by atoms with Crippen molar-refractivity contribution in [3.63, 3.8) is 0 Å². The molecule has 0 saturated heterocycles. The highest BCUT2D eigenvalue weighted by Gasteiger charge is 2.36. The summed E-state index contributed by atoms with van der Waals surface area (Å²) < 4.78 is 6.19. The van der Waals surface area contributed by atoms with Gasteiger partial charge in [0.15, 0.2) is 0 Å². The van der Waals surface area contributed by atoms with E-state index in [9.17, 15) is 0 Å². The van der Waals surface area contributed by atoms with Gasteiger partial charge in [0.1, 0.15) is 11.2 Å². The first-order valence-corrected chi connectivity index (χ1v) is 21.7. The van der Waals surface area contributed by atoms with E-state index in [-0.39, 0.29) is 10.8 Å². The van der Waals surface area contributed by atoms with Crippen LogP contribution in [0.25, 0.3) is 77.6 Å². The molecule has 0 amide bonds. The highest BCUT2D eigenvalue weighted by Crippen LogP contribution is 2.51. The smallest absolute Gasteiger partial charge is 0.135 e. The van der Waals surface area contributed by atoms with Crippen LogP contribution in [0.2, 0.25) is 0 Å². The predicted octanol–water partition coefficient (Wildman–Crippen LogP) is 16.7. The Bertz CT molecular complexity index is 3250. The van der Waals surface area contributed by atoms with Crippen molar-refractivity contribution in [1.29, 1.82) is 0 Å². The van der Waals surface area contributed by atoms with Crippen molar-refractivity contribution in [3.8, 4) is 55.6 Å². The van der Waals surface area contributed by atoms with Crippen LogP contribution >= 0.6 is 0 Å². The molecule has 0 atom stereocenters. The van der Waals surface area contributed by atoms with E-state index in [0.29, 0.717) is 0 Å². The van der Waals surface area contributed by atoms with Gasteiger partial charge in [0.2, 0.25) is 0 Å². The minimum Gasteiger partial charge on any atom is -0.456 e. The third-order valence-electron chi connectivity index (χ3n) is 13.9. The third-order valence-corrected chi connectivity index (χ3v) is 13.9. The number of rotatable bonds is 6. The summed E-state index contributed by atoms with van der Waals surface area (Å²) in [5.41, 5.74) is 23.1. The highest BCUT2D eigenvalue weighted by molar-refractivity contribution is 6.06. The number of furan rings is 1. The summed E-state index contributed by atoms with van der Waals surface area (Å²) in [4.78, 5) is 2.38. The van der Waals surface area contributed by atoms with Crippen LogP contribution in [-0.4, -0.2) is 0 Å². The van der Waals surface area contributed by atoms with E-state index < -0.39 is 0 Å². The van der Waals surface area contributed by atoms with Crippen molar-refractivity contribution >= 4 is 39.0 Å². The second-order valence-electron chi connectivity index (χ2n) is 18.2. The van der Waals surface area contributed by atoms with Gasteiger partial charge in [-0.3, -0.25) is 0 Å². The fourth-order valence-corrected chi connectivity index (χ4v) is 10.6. The van der Waals surface area contributed by atoms with Gasteiger partial charge in [0.25, 0.3) is 0 Å². The maximum absolute atomic E-state index is 6.19. The summed E-state index contributed by atoms with van der Waals surface area (Å²) in [7, 11) is 0. The topological polar surface area (TPSA) is 16.4 Å². The Labute approximate surface area is 363 Å². The normalized spacial score (nSPS) is 14.1. The van der Waals surface area contributed by atoms with Crippen LogP contribution in [0.1, 0.15) is 49.9 Å². The zero-order valence-electron chi connectivity index (χ0n) is 35.4. The van der Waals surface area contributed by atoms with Crippen LogP contribution in [0.4, 0.5) is 17.1 Å². The Morgan fingerprint density at radius 3 is 1.35 bits per heavy atom. The molecule has 0 spiro atoms. The molecule has 10 aromatic rings. The molecular weight excluding hydrogens is 751 g/mol. The molecule has 0 fully saturated rings. The Hall–Kier alpha value is -7.42. The maximum Gasteiger partial charge on any atom is 0.135 e. The van der Waals surface area contributed by atoms with Crippen molar-refractivity contribution < 1.29 is 4.42 Å². The van der Waals surface area contributed by atoms with Crippen molar-refractivity contribution in [2.24, 2.45) is 0 Å². The quantitative estimate of drug-likeness (QED) is 0.167. The first kappa shape index (κ1) is 36.4. The first-order chi connectivity index (χ1) is 30.2. The van der Waals surface area contributed by atoms with Gasteiger partial charge in [-0.25, -0.2) is 0 Å². The Kier molecular flexibility index (Phi) is 7.96. The lowest BCUT2D eigenvalue weighted by Gasteiger charge is -2.27. The summed E-state index contributed by atoms with van der Waals surface area (Å²) in [5, 5.41) is 2.26. The van der Waals surface area contributed by atoms with E-state index in [0.717, 1.165) is 50.1 Å². The second-order valence-corrected chi connectivity index (χ2v) is 18.2. The average molecular weight is 796 g/mol. The third kappa shape index (κ3) is 5.56. The standard InChI is InChI=1S/C60H45NO/c1-59(2)53-17-8-5-14-47(53)49-31-24-42(36-55(49)59)38-20-27-44(28-21-38)61(46-13-11-12-40(34-46)41-26-33-58-52(35-41)51-16-7-10-19-57(51)62-58)45-29-22-39(23-30-45)43-25-32-50-48-15-6-9-18-54(48)60(3,4)56(50)37-43/h5-37H,1-4H3. The molecule has 0 unspecified atom stereocenters. The van der Waals surface area contributed by atoms with Gasteiger partial charge in [-0.15, -0.1) is 0 Å². The summed E-state index contributed by atoms with van der Waals surface area (Å²) >= 11 is 0. The molecular formula is C60H45NO. The molecule has 296 valence electrons. The van der Waals surface area contributed by atoms with Gasteiger partial charge in [0, 0.05) is 38.7 Å². The lowest BCUT2D eigenvalue weighted by atomic mass is 9.81. The second kappa shape index (κ2) is 13.5. The number of para-hydroxylation sites is 1. The summed E-state index contributed by atoms with van der Waals surface area (Å²) in [5.74, 6) is 0. The number of anilines is 3. The van der Waals surface area contributed by atoms with E-state index in [2.05, 4.69) is 221 Å². The molecule has 9 aromatic carbocycles.